The SMILES string of the molecule is COc1cc(C=C(C#N)c2nc3ccc(C)cc3[nH]2)ccc1OCc1ccc2ccccc2c1. The molecule has 0 bridgehead atoms. The first kappa shape index (κ1) is 21.3. The number of hydrogen-bond acceptors (Lipinski definition) is 4. The van der Waals surface area contributed by atoms with Crippen LogP contribution in [0.1, 0.15) is 22.5 Å². The number of aryl methyl sites for hydroxylation is 1. The highest BCUT2D eigenvalue weighted by molar-refractivity contribution is 5.90. The van der Waals surface area contributed by atoms with Crippen molar-refractivity contribution >= 4 is 33.5 Å². The Kier molecular flexibility index (Phi) is 5.72. The average Bonchev–Trinajstić information content (AvgIpc) is 3.29. The van der Waals surface area contributed by atoms with E-state index >= 15 is 0 Å². The van der Waals surface area contributed by atoms with E-state index in [0.717, 1.165) is 27.7 Å². The minimum absolute atomic E-state index is 0.429. The Morgan fingerprint density at radius 1 is 0.971 bits per heavy atom. The van der Waals surface area contributed by atoms with Crippen LogP contribution < -0.4 is 9.47 Å². The number of ether oxygens (including phenoxy) is 2. The van der Waals surface area contributed by atoms with Gasteiger partial charge in [0.05, 0.1) is 23.7 Å². The number of fused-ring (bicyclic) bond motifs is 2. The minimum atomic E-state index is 0.429. The largest absolute Gasteiger partial charge is 0.493 e. The number of aromatic nitrogens is 2. The molecule has 0 saturated carbocycles. The van der Waals surface area contributed by atoms with Gasteiger partial charge in [-0.25, -0.2) is 4.98 Å². The second-order valence-electron chi connectivity index (χ2n) is 8.16. The van der Waals surface area contributed by atoms with Gasteiger partial charge in [0.25, 0.3) is 0 Å². The zero-order chi connectivity index (χ0) is 23.5. The van der Waals surface area contributed by atoms with E-state index in [2.05, 4.69) is 46.4 Å². The Balaban J connectivity index is 1.38. The molecule has 4 aromatic carbocycles. The molecule has 5 nitrogen and oxygen atoms in total. The second kappa shape index (κ2) is 9.13. The number of benzene rings is 4. The molecule has 0 fully saturated rings. The number of imidazole rings is 1. The number of H-pyrrole nitrogens is 1. The number of hydrogen-bond donors (Lipinski definition) is 1. The van der Waals surface area contributed by atoms with E-state index in [1.54, 1.807) is 13.2 Å². The van der Waals surface area contributed by atoms with Crippen molar-refractivity contribution in [3.63, 3.8) is 0 Å². The van der Waals surface area contributed by atoms with Crippen LogP contribution in [0.15, 0.2) is 78.9 Å². The van der Waals surface area contributed by atoms with Gasteiger partial charge in [-0.3, -0.25) is 0 Å². The molecule has 5 aromatic rings. The number of methoxy groups -OCH3 is 1. The van der Waals surface area contributed by atoms with Crippen LogP contribution in [0.3, 0.4) is 0 Å². The molecule has 5 heteroatoms. The van der Waals surface area contributed by atoms with Gasteiger partial charge in [0, 0.05) is 0 Å². The number of nitrogens with zero attached hydrogens (tertiary/aromatic N) is 2. The van der Waals surface area contributed by atoms with Crippen LogP contribution in [0.5, 0.6) is 11.5 Å². The van der Waals surface area contributed by atoms with E-state index in [0.29, 0.717) is 29.5 Å². The van der Waals surface area contributed by atoms with Crippen molar-refractivity contribution in [2.45, 2.75) is 13.5 Å². The molecule has 0 unspecified atom stereocenters. The van der Waals surface area contributed by atoms with E-state index in [4.69, 9.17) is 9.47 Å². The van der Waals surface area contributed by atoms with E-state index in [-0.39, 0.29) is 0 Å². The van der Waals surface area contributed by atoms with Gasteiger partial charge in [-0.15, -0.1) is 0 Å². The Bertz CT molecular complexity index is 1570. The molecule has 0 amide bonds. The number of aromatic amines is 1. The molecule has 0 saturated heterocycles. The summed E-state index contributed by atoms with van der Waals surface area (Å²) in [5, 5.41) is 12.1. The Morgan fingerprint density at radius 3 is 2.65 bits per heavy atom. The third kappa shape index (κ3) is 4.35. The van der Waals surface area contributed by atoms with Crippen molar-refractivity contribution in [1.82, 2.24) is 9.97 Å². The van der Waals surface area contributed by atoms with E-state index in [9.17, 15) is 5.26 Å². The van der Waals surface area contributed by atoms with E-state index < -0.39 is 0 Å². The summed E-state index contributed by atoms with van der Waals surface area (Å²) in [4.78, 5) is 7.80. The van der Waals surface area contributed by atoms with Gasteiger partial charge in [-0.05, 0) is 70.8 Å². The number of nitriles is 1. The first-order valence-corrected chi connectivity index (χ1v) is 11.0. The molecule has 0 aliphatic heterocycles. The van der Waals surface area contributed by atoms with Gasteiger partial charge in [-0.2, -0.15) is 5.26 Å². The van der Waals surface area contributed by atoms with Crippen LogP contribution in [0.4, 0.5) is 0 Å². The maximum Gasteiger partial charge on any atom is 0.161 e. The summed E-state index contributed by atoms with van der Waals surface area (Å²) in [6.45, 7) is 2.45. The number of nitrogens with one attached hydrogen (secondary N) is 1. The van der Waals surface area contributed by atoms with Gasteiger partial charge in [0.1, 0.15) is 18.5 Å². The quantitative estimate of drug-likeness (QED) is 0.296. The zero-order valence-electron chi connectivity index (χ0n) is 19.0. The van der Waals surface area contributed by atoms with E-state index in [1.807, 2.05) is 55.5 Å². The lowest BCUT2D eigenvalue weighted by Crippen LogP contribution is -1.98. The van der Waals surface area contributed by atoms with E-state index in [1.165, 1.54) is 10.8 Å². The fourth-order valence-corrected chi connectivity index (χ4v) is 3.95. The Labute approximate surface area is 197 Å². The molecule has 5 rings (SSSR count). The average molecular weight is 446 g/mol. The van der Waals surface area contributed by atoms with Crippen LogP contribution in [0.25, 0.3) is 33.5 Å². The normalized spacial score (nSPS) is 11.5. The topological polar surface area (TPSA) is 70.9 Å². The predicted octanol–water partition coefficient (Wildman–Crippen LogP) is 6.68. The minimum Gasteiger partial charge on any atom is -0.493 e. The van der Waals surface area contributed by atoms with Crippen molar-refractivity contribution in [3.05, 3.63) is 101 Å². The fraction of sp³-hybridized carbons (Fsp3) is 0.103. The van der Waals surface area contributed by atoms with Crippen LogP contribution in [0, 0.1) is 18.3 Å². The van der Waals surface area contributed by atoms with Crippen molar-refractivity contribution in [2.75, 3.05) is 7.11 Å². The Morgan fingerprint density at radius 2 is 1.82 bits per heavy atom. The molecule has 0 atom stereocenters. The summed E-state index contributed by atoms with van der Waals surface area (Å²) in [6.07, 6.45) is 1.79. The summed E-state index contributed by atoms with van der Waals surface area (Å²) in [6, 6.07) is 28.4. The molecule has 1 N–H and O–H groups in total. The second-order valence-corrected chi connectivity index (χ2v) is 8.16. The third-order valence-corrected chi connectivity index (χ3v) is 5.72. The lowest BCUT2D eigenvalue weighted by molar-refractivity contribution is 0.284. The first-order valence-electron chi connectivity index (χ1n) is 11.0. The zero-order valence-corrected chi connectivity index (χ0v) is 19.0. The van der Waals surface area contributed by atoms with Crippen molar-refractivity contribution in [1.29, 1.82) is 5.26 Å². The molecule has 0 aliphatic carbocycles. The molecule has 0 spiro atoms. The van der Waals surface area contributed by atoms with Gasteiger partial charge in [0.2, 0.25) is 0 Å². The van der Waals surface area contributed by atoms with Crippen LogP contribution in [0.2, 0.25) is 0 Å². The molecule has 166 valence electrons. The van der Waals surface area contributed by atoms with Crippen LogP contribution in [-0.2, 0) is 6.61 Å². The molecule has 0 radical (unpaired) electrons. The smallest absolute Gasteiger partial charge is 0.161 e. The maximum absolute atomic E-state index is 9.75. The molecular formula is C29H23N3O2. The highest BCUT2D eigenvalue weighted by Gasteiger charge is 2.10. The standard InChI is InChI=1S/C29H23N3O2/c1-19-7-11-25-26(13-19)32-29(31-25)24(17-30)14-20-9-12-27(28(16-20)33-2)34-18-21-8-10-22-5-3-4-6-23(22)15-21/h3-16H,18H2,1-2H3,(H,31,32). The van der Waals surface area contributed by atoms with Gasteiger partial charge in [-0.1, -0.05) is 48.5 Å². The van der Waals surface area contributed by atoms with Gasteiger partial charge < -0.3 is 14.5 Å². The molecular weight excluding hydrogens is 422 g/mol. The highest BCUT2D eigenvalue weighted by Crippen LogP contribution is 2.31. The third-order valence-electron chi connectivity index (χ3n) is 5.72. The Hall–Kier alpha value is -4.56. The lowest BCUT2D eigenvalue weighted by atomic mass is 10.1. The lowest BCUT2D eigenvalue weighted by Gasteiger charge is -2.12. The summed E-state index contributed by atoms with van der Waals surface area (Å²) in [5.74, 6) is 1.79. The summed E-state index contributed by atoms with van der Waals surface area (Å²) in [5.41, 5.74) is 5.22. The van der Waals surface area contributed by atoms with Crippen molar-refractivity contribution in [2.24, 2.45) is 0 Å². The fourth-order valence-electron chi connectivity index (χ4n) is 3.95. The first-order chi connectivity index (χ1) is 16.6. The molecule has 1 heterocycles. The number of rotatable bonds is 6. The molecule has 34 heavy (non-hydrogen) atoms. The van der Waals surface area contributed by atoms with Crippen LogP contribution in [-0.4, -0.2) is 17.1 Å². The maximum atomic E-state index is 9.75. The van der Waals surface area contributed by atoms with Crippen molar-refractivity contribution < 1.29 is 9.47 Å². The van der Waals surface area contributed by atoms with Gasteiger partial charge in [0.15, 0.2) is 11.5 Å². The molecule has 1 aromatic heterocycles. The summed E-state index contributed by atoms with van der Waals surface area (Å²) >= 11 is 0. The highest BCUT2D eigenvalue weighted by atomic mass is 16.5. The molecule has 0 aliphatic rings. The summed E-state index contributed by atoms with van der Waals surface area (Å²) < 4.78 is 11.6. The number of allylic oxidation sites excluding steroid dienone is 1. The van der Waals surface area contributed by atoms with Crippen molar-refractivity contribution in [3.8, 4) is 17.6 Å². The monoisotopic (exact) mass is 445 g/mol. The van der Waals surface area contributed by atoms with Gasteiger partial charge >= 0.3 is 0 Å². The summed E-state index contributed by atoms with van der Waals surface area (Å²) in [7, 11) is 1.61. The predicted molar refractivity (Wildman–Crippen MR) is 136 cm³/mol. The van der Waals surface area contributed by atoms with Crippen LogP contribution >= 0.6 is 0 Å².